The molecule has 1 saturated heterocycles. The highest BCUT2D eigenvalue weighted by molar-refractivity contribution is 5.95. The predicted molar refractivity (Wildman–Crippen MR) is 111 cm³/mol. The van der Waals surface area contributed by atoms with Crippen LogP contribution in [-0.2, 0) is 10.2 Å². The Morgan fingerprint density at radius 2 is 1.36 bits per heavy atom. The van der Waals surface area contributed by atoms with Crippen LogP contribution < -0.4 is 0 Å². The van der Waals surface area contributed by atoms with Crippen LogP contribution in [0, 0.1) is 5.92 Å². The van der Waals surface area contributed by atoms with Crippen LogP contribution in [0.5, 0.6) is 0 Å². The normalized spacial score (nSPS) is 19.6. The molecule has 1 aliphatic rings. The van der Waals surface area contributed by atoms with Crippen LogP contribution in [0.15, 0.2) is 91.0 Å². The number of amides is 1. The predicted octanol–water partition coefficient (Wildman–Crippen LogP) is 4.18. The molecule has 1 heterocycles. The Labute approximate surface area is 166 Å². The molecule has 0 aromatic heterocycles. The van der Waals surface area contributed by atoms with Crippen molar-refractivity contribution in [2.45, 2.75) is 18.4 Å². The zero-order chi connectivity index (χ0) is 19.6. The summed E-state index contributed by atoms with van der Waals surface area (Å²) in [4.78, 5) is 16.0. The van der Waals surface area contributed by atoms with E-state index in [-0.39, 0.29) is 24.5 Å². The molecule has 0 radical (unpaired) electrons. The van der Waals surface area contributed by atoms with E-state index < -0.39 is 5.41 Å². The number of hydrogen-bond acceptors (Lipinski definition) is 2. The molecular weight excluding hydrogens is 346 g/mol. The lowest BCUT2D eigenvalue weighted by Crippen LogP contribution is -2.43. The lowest BCUT2D eigenvalue weighted by Gasteiger charge is -2.34. The first-order valence-corrected chi connectivity index (χ1v) is 9.77. The zero-order valence-electron chi connectivity index (χ0n) is 16.0. The number of aliphatic hydroxyl groups excluding tert-OH is 1. The average molecular weight is 371 g/mol. The van der Waals surface area contributed by atoms with Gasteiger partial charge in [-0.15, -0.1) is 0 Å². The highest BCUT2D eigenvalue weighted by atomic mass is 16.3. The van der Waals surface area contributed by atoms with Crippen molar-refractivity contribution in [1.82, 2.24) is 4.90 Å². The molecule has 3 heteroatoms. The summed E-state index contributed by atoms with van der Waals surface area (Å²) in [7, 11) is 0. The number of rotatable bonds is 5. The third-order valence-electron chi connectivity index (χ3n) is 6.06. The maximum absolute atomic E-state index is 14.0. The lowest BCUT2D eigenvalue weighted by atomic mass is 9.67. The standard InChI is InChI=1S/C25H25NO2/c1-19(20-11-5-2-6-12-20)26-17-23(18-27)25(24(26)28,21-13-7-3-8-14-21)22-15-9-4-10-16-22/h2-16,19,23,27H,17-18H2,1H3/t19-,23+/m0/s1. The molecule has 4 rings (SSSR count). The third kappa shape index (κ3) is 2.83. The van der Waals surface area contributed by atoms with Crippen LogP contribution in [-0.4, -0.2) is 29.1 Å². The smallest absolute Gasteiger partial charge is 0.238 e. The van der Waals surface area contributed by atoms with Crippen LogP contribution in [0.1, 0.15) is 29.7 Å². The van der Waals surface area contributed by atoms with E-state index in [4.69, 9.17) is 0 Å². The summed E-state index contributed by atoms with van der Waals surface area (Å²) in [6.45, 7) is 2.54. The fraction of sp³-hybridized carbons (Fsp3) is 0.240. The summed E-state index contributed by atoms with van der Waals surface area (Å²) >= 11 is 0. The summed E-state index contributed by atoms with van der Waals surface area (Å²) in [6.07, 6.45) is 0. The van der Waals surface area contributed by atoms with E-state index in [0.29, 0.717) is 6.54 Å². The van der Waals surface area contributed by atoms with Crippen molar-refractivity contribution in [3.63, 3.8) is 0 Å². The van der Waals surface area contributed by atoms with Gasteiger partial charge in [-0.3, -0.25) is 4.79 Å². The third-order valence-corrected chi connectivity index (χ3v) is 6.06. The summed E-state index contributed by atoms with van der Waals surface area (Å²) in [5, 5.41) is 10.3. The minimum atomic E-state index is -0.875. The minimum Gasteiger partial charge on any atom is -0.396 e. The number of carbonyl (C=O) groups is 1. The number of likely N-dealkylation sites (tertiary alicyclic amines) is 1. The molecule has 142 valence electrons. The molecular formula is C25H25NO2. The van der Waals surface area contributed by atoms with Gasteiger partial charge in [-0.05, 0) is 23.6 Å². The average Bonchev–Trinajstić information content (AvgIpc) is 3.08. The lowest BCUT2D eigenvalue weighted by molar-refractivity contribution is -0.133. The Hall–Kier alpha value is -2.91. The van der Waals surface area contributed by atoms with Gasteiger partial charge in [-0.25, -0.2) is 0 Å². The van der Waals surface area contributed by atoms with E-state index in [0.717, 1.165) is 16.7 Å². The van der Waals surface area contributed by atoms with Gasteiger partial charge < -0.3 is 10.0 Å². The Morgan fingerprint density at radius 1 is 0.893 bits per heavy atom. The second kappa shape index (κ2) is 7.61. The first-order valence-electron chi connectivity index (χ1n) is 9.77. The molecule has 0 saturated carbocycles. The van der Waals surface area contributed by atoms with Crippen molar-refractivity contribution in [2.75, 3.05) is 13.2 Å². The summed E-state index contributed by atoms with van der Waals surface area (Å²) < 4.78 is 0. The monoisotopic (exact) mass is 371 g/mol. The quantitative estimate of drug-likeness (QED) is 0.731. The van der Waals surface area contributed by atoms with Gasteiger partial charge >= 0.3 is 0 Å². The van der Waals surface area contributed by atoms with E-state index in [1.165, 1.54) is 0 Å². The Kier molecular flexibility index (Phi) is 5.01. The molecule has 3 aromatic rings. The molecule has 3 aromatic carbocycles. The van der Waals surface area contributed by atoms with E-state index in [1.54, 1.807) is 0 Å². The van der Waals surface area contributed by atoms with E-state index in [2.05, 4.69) is 19.1 Å². The molecule has 1 aliphatic heterocycles. The Balaban J connectivity index is 1.87. The van der Waals surface area contributed by atoms with E-state index in [9.17, 15) is 9.90 Å². The molecule has 1 amide bonds. The SMILES string of the molecule is C[C@@H](c1ccccc1)N1C[C@H](CO)C(c2ccccc2)(c2ccccc2)C1=O. The van der Waals surface area contributed by atoms with Crippen LogP contribution in [0.25, 0.3) is 0 Å². The van der Waals surface area contributed by atoms with Gasteiger partial charge in [0.25, 0.3) is 0 Å². The fourth-order valence-electron chi connectivity index (χ4n) is 4.59. The van der Waals surface area contributed by atoms with Gasteiger partial charge in [-0.1, -0.05) is 91.0 Å². The van der Waals surface area contributed by atoms with Gasteiger partial charge in [0.1, 0.15) is 5.41 Å². The molecule has 0 spiro atoms. The van der Waals surface area contributed by atoms with Crippen molar-refractivity contribution >= 4 is 5.91 Å². The van der Waals surface area contributed by atoms with Crippen LogP contribution in [0.3, 0.4) is 0 Å². The molecule has 0 bridgehead atoms. The number of hydrogen-bond donors (Lipinski definition) is 1. The summed E-state index contributed by atoms with van der Waals surface area (Å²) in [6, 6.07) is 29.8. The van der Waals surface area contributed by atoms with Crippen molar-refractivity contribution < 1.29 is 9.90 Å². The first-order chi connectivity index (χ1) is 13.7. The van der Waals surface area contributed by atoms with Crippen LogP contribution in [0.2, 0.25) is 0 Å². The van der Waals surface area contributed by atoms with Crippen molar-refractivity contribution in [1.29, 1.82) is 0 Å². The van der Waals surface area contributed by atoms with E-state index in [1.807, 2.05) is 83.8 Å². The molecule has 2 atom stereocenters. The largest absolute Gasteiger partial charge is 0.396 e. The number of aliphatic hydroxyl groups is 1. The van der Waals surface area contributed by atoms with Crippen LogP contribution in [0.4, 0.5) is 0 Å². The second-order valence-corrected chi connectivity index (χ2v) is 7.46. The van der Waals surface area contributed by atoms with E-state index >= 15 is 0 Å². The van der Waals surface area contributed by atoms with Crippen LogP contribution >= 0.6 is 0 Å². The summed E-state index contributed by atoms with van der Waals surface area (Å²) in [5.74, 6) is -0.156. The van der Waals surface area contributed by atoms with Gasteiger partial charge in [0.05, 0.1) is 6.04 Å². The number of benzene rings is 3. The van der Waals surface area contributed by atoms with Gasteiger partial charge in [0, 0.05) is 19.1 Å². The van der Waals surface area contributed by atoms with Gasteiger partial charge in [0.2, 0.25) is 5.91 Å². The molecule has 0 aliphatic carbocycles. The second-order valence-electron chi connectivity index (χ2n) is 7.46. The zero-order valence-corrected chi connectivity index (χ0v) is 16.0. The Bertz CT molecular complexity index is 885. The summed E-state index contributed by atoms with van der Waals surface area (Å²) in [5.41, 5.74) is 2.10. The van der Waals surface area contributed by atoms with Crippen molar-refractivity contribution in [3.05, 3.63) is 108 Å². The molecule has 0 unspecified atom stereocenters. The van der Waals surface area contributed by atoms with Gasteiger partial charge in [0.15, 0.2) is 0 Å². The van der Waals surface area contributed by atoms with Gasteiger partial charge in [-0.2, -0.15) is 0 Å². The molecule has 1 N–H and O–H groups in total. The highest BCUT2D eigenvalue weighted by Crippen LogP contribution is 2.47. The number of carbonyl (C=O) groups excluding carboxylic acids is 1. The highest BCUT2D eigenvalue weighted by Gasteiger charge is 2.56. The van der Waals surface area contributed by atoms with Crippen molar-refractivity contribution in [2.24, 2.45) is 5.92 Å². The fourth-order valence-corrected chi connectivity index (χ4v) is 4.59. The molecule has 3 nitrogen and oxygen atoms in total. The minimum absolute atomic E-state index is 0.0481. The first kappa shape index (κ1) is 18.5. The number of nitrogens with zero attached hydrogens (tertiary/aromatic N) is 1. The maximum atomic E-state index is 14.0. The molecule has 28 heavy (non-hydrogen) atoms. The Morgan fingerprint density at radius 3 is 1.82 bits per heavy atom. The van der Waals surface area contributed by atoms with Crippen molar-refractivity contribution in [3.8, 4) is 0 Å². The molecule has 1 fully saturated rings. The topological polar surface area (TPSA) is 40.5 Å². The maximum Gasteiger partial charge on any atom is 0.238 e.